The van der Waals surface area contributed by atoms with E-state index in [-0.39, 0.29) is 19.0 Å². The van der Waals surface area contributed by atoms with Crippen LogP contribution < -0.4 is 28.3 Å². The van der Waals surface area contributed by atoms with Crippen LogP contribution >= 0.6 is 7.26 Å². The fourth-order valence-electron chi connectivity index (χ4n) is 3.19. The Morgan fingerprint density at radius 1 is 0.583 bits per heavy atom. The molecule has 24 heavy (non-hydrogen) atoms. The van der Waals surface area contributed by atoms with Gasteiger partial charge in [-0.15, -0.1) is 0 Å². The molecule has 0 aromatic heterocycles. The van der Waals surface area contributed by atoms with Gasteiger partial charge in [0.2, 0.25) is 0 Å². The minimum absolute atomic E-state index is 0. The zero-order valence-corrected chi connectivity index (χ0v) is 15.2. The highest BCUT2D eigenvalue weighted by molar-refractivity contribution is 7.95. The highest BCUT2D eigenvalue weighted by Gasteiger charge is 2.44. The van der Waals surface area contributed by atoms with Crippen LogP contribution in [0.3, 0.4) is 0 Å². The number of aliphatic hydroxyl groups excluding tert-OH is 1. The minimum atomic E-state index is -1.73. The average Bonchev–Trinajstić information content (AvgIpc) is 2.65. The number of benzene rings is 3. The summed E-state index contributed by atoms with van der Waals surface area (Å²) < 4.78 is 0. The first-order valence-corrected chi connectivity index (χ1v) is 10.0. The van der Waals surface area contributed by atoms with Crippen molar-refractivity contribution in [3.8, 4) is 0 Å². The normalized spacial score (nSPS) is 10.9. The van der Waals surface area contributed by atoms with E-state index in [0.29, 0.717) is 0 Å². The summed E-state index contributed by atoms with van der Waals surface area (Å²) in [6, 6.07) is 32.4. The van der Waals surface area contributed by atoms with Gasteiger partial charge in [0.1, 0.15) is 23.2 Å². The third-order valence-electron chi connectivity index (χ3n) is 4.24. The maximum absolute atomic E-state index is 9.49. The summed E-state index contributed by atoms with van der Waals surface area (Å²) in [5.41, 5.74) is 0. The van der Waals surface area contributed by atoms with Crippen LogP contribution in [0.5, 0.6) is 0 Å². The molecule has 3 rings (SSSR count). The molecule has 0 saturated heterocycles. The molecule has 1 nitrogen and oxygen atoms in total. The molecule has 0 aliphatic rings. The second kappa shape index (κ2) is 8.99. The first-order valence-electron chi connectivity index (χ1n) is 8.04. The van der Waals surface area contributed by atoms with Gasteiger partial charge in [0, 0.05) is 13.0 Å². The van der Waals surface area contributed by atoms with Gasteiger partial charge in [0.25, 0.3) is 0 Å². The summed E-state index contributed by atoms with van der Waals surface area (Å²) in [6.45, 7) is 0.230. The highest BCUT2D eigenvalue weighted by Crippen LogP contribution is 2.55. The highest BCUT2D eigenvalue weighted by atomic mass is 35.5. The lowest BCUT2D eigenvalue weighted by Gasteiger charge is -2.27. The summed E-state index contributed by atoms with van der Waals surface area (Å²) in [5, 5.41) is 13.6. The van der Waals surface area contributed by atoms with Crippen LogP contribution in [0.4, 0.5) is 0 Å². The SMILES string of the molecule is OCCC[P+](c1ccccc1)(c1ccccc1)c1ccccc1.[Cl-]. The van der Waals surface area contributed by atoms with Gasteiger partial charge in [-0.1, -0.05) is 54.6 Å². The van der Waals surface area contributed by atoms with E-state index in [2.05, 4.69) is 91.0 Å². The Balaban J connectivity index is 0.00000208. The summed E-state index contributed by atoms with van der Waals surface area (Å²) >= 11 is 0. The van der Waals surface area contributed by atoms with Crippen molar-refractivity contribution < 1.29 is 17.5 Å². The minimum Gasteiger partial charge on any atom is -1.00 e. The molecule has 0 bridgehead atoms. The lowest BCUT2D eigenvalue weighted by Crippen LogP contribution is -3.00. The third-order valence-corrected chi connectivity index (χ3v) is 8.77. The summed E-state index contributed by atoms with van der Waals surface area (Å²) in [4.78, 5) is 0. The van der Waals surface area contributed by atoms with Crippen LogP contribution in [0, 0.1) is 0 Å². The van der Waals surface area contributed by atoms with Gasteiger partial charge < -0.3 is 17.5 Å². The van der Waals surface area contributed by atoms with Crippen LogP contribution in [0.1, 0.15) is 6.42 Å². The second-order valence-electron chi connectivity index (χ2n) is 5.62. The maximum Gasteiger partial charge on any atom is 0.112 e. The molecule has 0 aliphatic heterocycles. The van der Waals surface area contributed by atoms with Crippen LogP contribution in [0.2, 0.25) is 0 Å². The number of hydrogen-bond acceptors (Lipinski definition) is 1. The van der Waals surface area contributed by atoms with E-state index >= 15 is 0 Å². The fraction of sp³-hybridized carbons (Fsp3) is 0.143. The summed E-state index contributed by atoms with van der Waals surface area (Å²) in [6.07, 6.45) is 1.80. The molecule has 0 aliphatic carbocycles. The van der Waals surface area contributed by atoms with E-state index in [0.717, 1.165) is 12.6 Å². The van der Waals surface area contributed by atoms with Crippen molar-refractivity contribution in [2.24, 2.45) is 0 Å². The van der Waals surface area contributed by atoms with Gasteiger partial charge in [-0.25, -0.2) is 0 Å². The van der Waals surface area contributed by atoms with Crippen LogP contribution in [-0.4, -0.2) is 17.9 Å². The van der Waals surface area contributed by atoms with E-state index in [1.54, 1.807) is 0 Å². The van der Waals surface area contributed by atoms with Crippen molar-refractivity contribution in [2.75, 3.05) is 12.8 Å². The van der Waals surface area contributed by atoms with Crippen molar-refractivity contribution in [1.82, 2.24) is 0 Å². The predicted molar refractivity (Wildman–Crippen MR) is 102 cm³/mol. The van der Waals surface area contributed by atoms with Gasteiger partial charge in [0.15, 0.2) is 0 Å². The molecule has 0 atom stereocenters. The predicted octanol–water partition coefficient (Wildman–Crippen LogP) is 0.367. The largest absolute Gasteiger partial charge is 1.00 e. The first kappa shape index (κ1) is 18.7. The zero-order chi connectivity index (χ0) is 16.0. The van der Waals surface area contributed by atoms with Gasteiger partial charge >= 0.3 is 0 Å². The molecule has 0 unspecified atom stereocenters. The van der Waals surface area contributed by atoms with Gasteiger partial charge in [-0.2, -0.15) is 0 Å². The molecule has 124 valence electrons. The lowest BCUT2D eigenvalue weighted by molar-refractivity contribution is -0.00000555. The number of aliphatic hydroxyl groups is 1. The Bertz CT molecular complexity index is 620. The second-order valence-corrected chi connectivity index (χ2v) is 9.23. The Morgan fingerprint density at radius 3 is 1.21 bits per heavy atom. The smallest absolute Gasteiger partial charge is 0.112 e. The van der Waals surface area contributed by atoms with Gasteiger partial charge in [-0.3, -0.25) is 0 Å². The number of halogens is 1. The molecule has 0 saturated carbocycles. The van der Waals surface area contributed by atoms with Crippen LogP contribution in [0.15, 0.2) is 91.0 Å². The van der Waals surface area contributed by atoms with Crippen molar-refractivity contribution in [2.45, 2.75) is 6.42 Å². The standard InChI is InChI=1S/C21H22OP.ClH/c22-17-10-18-23(19-11-4-1-5-12-19,20-13-6-2-7-14-20)21-15-8-3-9-16-21;/h1-9,11-16,22H,10,17-18H2;1H/q+1;/p-1. The zero-order valence-electron chi connectivity index (χ0n) is 13.6. The van der Waals surface area contributed by atoms with Crippen molar-refractivity contribution in [3.05, 3.63) is 91.0 Å². The van der Waals surface area contributed by atoms with Crippen molar-refractivity contribution >= 4 is 23.2 Å². The van der Waals surface area contributed by atoms with E-state index < -0.39 is 7.26 Å². The lowest BCUT2D eigenvalue weighted by atomic mass is 10.4. The monoisotopic (exact) mass is 356 g/mol. The fourth-order valence-corrected chi connectivity index (χ4v) is 7.52. The van der Waals surface area contributed by atoms with Gasteiger partial charge in [-0.05, 0) is 36.4 Å². The molecule has 0 radical (unpaired) electrons. The Hall–Kier alpha value is -1.66. The number of rotatable bonds is 6. The van der Waals surface area contributed by atoms with Crippen molar-refractivity contribution in [1.29, 1.82) is 0 Å². The Kier molecular flexibility index (Phi) is 6.99. The molecule has 1 N–H and O–H groups in total. The maximum atomic E-state index is 9.49. The van der Waals surface area contributed by atoms with E-state index in [1.165, 1.54) is 15.9 Å². The molecular formula is C21H22ClOP. The first-order chi connectivity index (χ1) is 11.4. The summed E-state index contributed by atoms with van der Waals surface area (Å²) in [7, 11) is -1.73. The average molecular weight is 357 g/mol. The topological polar surface area (TPSA) is 20.2 Å². The molecule has 3 aromatic carbocycles. The Morgan fingerprint density at radius 2 is 0.917 bits per heavy atom. The van der Waals surface area contributed by atoms with E-state index in [1.807, 2.05) is 0 Å². The van der Waals surface area contributed by atoms with E-state index in [9.17, 15) is 5.11 Å². The molecular weight excluding hydrogens is 335 g/mol. The van der Waals surface area contributed by atoms with Crippen molar-refractivity contribution in [3.63, 3.8) is 0 Å². The molecule has 0 fully saturated rings. The molecule has 0 heterocycles. The van der Waals surface area contributed by atoms with Crippen LogP contribution in [-0.2, 0) is 0 Å². The Labute approximate surface area is 151 Å². The quantitative estimate of drug-likeness (QED) is 0.633. The van der Waals surface area contributed by atoms with Crippen LogP contribution in [0.25, 0.3) is 0 Å². The molecule has 3 aromatic rings. The molecule has 0 amide bonds. The number of hydrogen-bond donors (Lipinski definition) is 1. The van der Waals surface area contributed by atoms with E-state index in [4.69, 9.17) is 0 Å². The third kappa shape index (κ3) is 3.70. The van der Waals surface area contributed by atoms with Gasteiger partial charge in [0.05, 0.1) is 6.16 Å². The molecule has 3 heteroatoms. The summed E-state index contributed by atoms with van der Waals surface area (Å²) in [5.74, 6) is 0. The molecule has 0 spiro atoms.